The van der Waals surface area contributed by atoms with Crippen LogP contribution < -0.4 is 5.32 Å². The lowest BCUT2D eigenvalue weighted by Crippen LogP contribution is -2.61. The molecule has 0 aliphatic carbocycles. The number of halogens is 1. The molecule has 1 aliphatic heterocycles. The predicted octanol–water partition coefficient (Wildman–Crippen LogP) is 1.42. The number of nitrogens with one attached hydrogen (secondary N) is 1. The quantitative estimate of drug-likeness (QED) is 0.718. The Balaban J connectivity index is 2.63. The molecule has 3 heteroatoms. The number of nitrogens with zero attached hydrogens (tertiary/aromatic N) is 1. The highest BCUT2D eigenvalue weighted by Crippen LogP contribution is 2.24. The molecule has 1 saturated heterocycles. The van der Waals surface area contributed by atoms with Gasteiger partial charge in [-0.25, -0.2) is 4.39 Å². The smallest absolute Gasteiger partial charge is 0.102 e. The fraction of sp³-hybridized carbons (Fsp3) is 1.00. The summed E-state index contributed by atoms with van der Waals surface area (Å²) in [5.74, 6) is 0. The lowest BCUT2D eigenvalue weighted by molar-refractivity contribution is 0.0469. The summed E-state index contributed by atoms with van der Waals surface area (Å²) in [4.78, 5) is 2.31. The Kier molecular flexibility index (Phi) is 4.13. The SMILES string of the molecule is CCC1(CC)CNCCN1CCF. The molecule has 1 rings (SSSR count). The number of rotatable bonds is 4. The van der Waals surface area contributed by atoms with E-state index in [0.717, 1.165) is 32.5 Å². The summed E-state index contributed by atoms with van der Waals surface area (Å²) in [6.45, 7) is 7.78. The molecule has 1 N–H and O–H groups in total. The van der Waals surface area contributed by atoms with Crippen molar-refractivity contribution < 1.29 is 4.39 Å². The third-order valence-corrected chi connectivity index (χ3v) is 3.35. The van der Waals surface area contributed by atoms with Gasteiger partial charge in [-0.3, -0.25) is 4.90 Å². The molecule has 0 bridgehead atoms. The zero-order chi connectivity index (χ0) is 9.73. The van der Waals surface area contributed by atoms with Crippen molar-refractivity contribution in [3.05, 3.63) is 0 Å². The Morgan fingerprint density at radius 2 is 2.08 bits per heavy atom. The summed E-state index contributed by atoms with van der Waals surface area (Å²) in [5.41, 5.74) is 0.213. The molecule has 0 amide bonds. The molecule has 0 atom stereocenters. The van der Waals surface area contributed by atoms with Crippen LogP contribution in [0.1, 0.15) is 26.7 Å². The second-order valence-corrected chi connectivity index (χ2v) is 3.78. The van der Waals surface area contributed by atoms with E-state index in [1.54, 1.807) is 0 Å². The van der Waals surface area contributed by atoms with Gasteiger partial charge in [0.15, 0.2) is 0 Å². The fourth-order valence-electron chi connectivity index (χ4n) is 2.28. The number of alkyl halides is 1. The van der Waals surface area contributed by atoms with Crippen LogP contribution >= 0.6 is 0 Å². The fourth-order valence-corrected chi connectivity index (χ4v) is 2.28. The van der Waals surface area contributed by atoms with Crippen molar-refractivity contribution in [3.8, 4) is 0 Å². The summed E-state index contributed by atoms with van der Waals surface area (Å²) in [7, 11) is 0. The van der Waals surface area contributed by atoms with E-state index >= 15 is 0 Å². The zero-order valence-corrected chi connectivity index (χ0v) is 8.77. The largest absolute Gasteiger partial charge is 0.314 e. The zero-order valence-electron chi connectivity index (χ0n) is 8.77. The number of hydrogen-bond donors (Lipinski definition) is 1. The molecule has 1 heterocycles. The van der Waals surface area contributed by atoms with E-state index in [1.807, 2.05) is 0 Å². The molecule has 0 saturated carbocycles. The van der Waals surface area contributed by atoms with Gasteiger partial charge >= 0.3 is 0 Å². The number of hydrogen-bond acceptors (Lipinski definition) is 2. The van der Waals surface area contributed by atoms with Crippen LogP contribution in [0.5, 0.6) is 0 Å². The lowest BCUT2D eigenvalue weighted by Gasteiger charge is -2.46. The summed E-state index contributed by atoms with van der Waals surface area (Å²) in [6, 6.07) is 0. The van der Waals surface area contributed by atoms with Crippen LogP contribution in [-0.2, 0) is 0 Å². The third kappa shape index (κ3) is 2.20. The van der Waals surface area contributed by atoms with E-state index in [-0.39, 0.29) is 12.2 Å². The van der Waals surface area contributed by atoms with Gasteiger partial charge in [0.1, 0.15) is 6.67 Å². The van der Waals surface area contributed by atoms with Crippen LogP contribution in [0.4, 0.5) is 4.39 Å². The summed E-state index contributed by atoms with van der Waals surface area (Å²) >= 11 is 0. The lowest BCUT2D eigenvalue weighted by atomic mass is 9.88. The third-order valence-electron chi connectivity index (χ3n) is 3.35. The van der Waals surface area contributed by atoms with E-state index in [9.17, 15) is 4.39 Å². The van der Waals surface area contributed by atoms with Crippen molar-refractivity contribution in [1.82, 2.24) is 10.2 Å². The van der Waals surface area contributed by atoms with E-state index < -0.39 is 0 Å². The molecule has 0 aromatic rings. The van der Waals surface area contributed by atoms with Crippen LogP contribution in [0, 0.1) is 0 Å². The minimum Gasteiger partial charge on any atom is -0.314 e. The second-order valence-electron chi connectivity index (χ2n) is 3.78. The molecular formula is C10H21FN2. The first kappa shape index (κ1) is 10.9. The van der Waals surface area contributed by atoms with Crippen LogP contribution in [0.15, 0.2) is 0 Å². The summed E-state index contributed by atoms with van der Waals surface area (Å²) in [6.07, 6.45) is 2.22. The molecule has 0 spiro atoms. The van der Waals surface area contributed by atoms with Crippen LogP contribution in [-0.4, -0.2) is 43.3 Å². The van der Waals surface area contributed by atoms with Crippen molar-refractivity contribution in [1.29, 1.82) is 0 Å². The highest BCUT2D eigenvalue weighted by molar-refractivity contribution is 4.93. The van der Waals surface area contributed by atoms with Gasteiger partial charge in [-0.1, -0.05) is 13.8 Å². The first-order chi connectivity index (χ1) is 6.29. The van der Waals surface area contributed by atoms with E-state index in [1.165, 1.54) is 0 Å². The molecule has 1 aliphatic rings. The second kappa shape index (κ2) is 4.91. The molecule has 0 aromatic heterocycles. The normalized spacial score (nSPS) is 23.3. The van der Waals surface area contributed by atoms with Gasteiger partial charge in [0.2, 0.25) is 0 Å². The average Bonchev–Trinajstić information content (AvgIpc) is 2.20. The maximum Gasteiger partial charge on any atom is 0.102 e. The van der Waals surface area contributed by atoms with Crippen molar-refractivity contribution in [2.24, 2.45) is 0 Å². The molecule has 0 aromatic carbocycles. The molecule has 2 nitrogen and oxygen atoms in total. The summed E-state index contributed by atoms with van der Waals surface area (Å²) in [5, 5.41) is 3.40. The Morgan fingerprint density at radius 1 is 1.38 bits per heavy atom. The monoisotopic (exact) mass is 188 g/mol. The topological polar surface area (TPSA) is 15.3 Å². The minimum absolute atomic E-state index is 0.213. The van der Waals surface area contributed by atoms with Gasteiger partial charge in [-0.2, -0.15) is 0 Å². The average molecular weight is 188 g/mol. The highest BCUT2D eigenvalue weighted by atomic mass is 19.1. The Morgan fingerprint density at radius 3 is 2.62 bits per heavy atom. The standard InChI is InChI=1S/C10H21FN2/c1-3-10(4-2)9-12-6-8-13(10)7-5-11/h12H,3-9H2,1-2H3. The first-order valence-corrected chi connectivity index (χ1v) is 5.31. The summed E-state index contributed by atoms with van der Waals surface area (Å²) < 4.78 is 12.3. The first-order valence-electron chi connectivity index (χ1n) is 5.31. The van der Waals surface area contributed by atoms with Crippen LogP contribution in [0.2, 0.25) is 0 Å². The van der Waals surface area contributed by atoms with Gasteiger partial charge in [-0.15, -0.1) is 0 Å². The van der Waals surface area contributed by atoms with Gasteiger partial charge in [0.25, 0.3) is 0 Å². The van der Waals surface area contributed by atoms with Gasteiger partial charge < -0.3 is 5.32 Å². The van der Waals surface area contributed by atoms with Crippen molar-refractivity contribution >= 4 is 0 Å². The molecule has 13 heavy (non-hydrogen) atoms. The van der Waals surface area contributed by atoms with Gasteiger partial charge in [0.05, 0.1) is 0 Å². The molecule has 0 radical (unpaired) electrons. The van der Waals surface area contributed by atoms with Gasteiger partial charge in [0, 0.05) is 31.7 Å². The minimum atomic E-state index is -0.220. The maximum absolute atomic E-state index is 12.3. The predicted molar refractivity (Wildman–Crippen MR) is 53.7 cm³/mol. The van der Waals surface area contributed by atoms with Crippen molar-refractivity contribution in [2.75, 3.05) is 32.9 Å². The van der Waals surface area contributed by atoms with Crippen molar-refractivity contribution in [2.45, 2.75) is 32.2 Å². The van der Waals surface area contributed by atoms with E-state index in [2.05, 4.69) is 24.1 Å². The van der Waals surface area contributed by atoms with E-state index in [0.29, 0.717) is 6.54 Å². The highest BCUT2D eigenvalue weighted by Gasteiger charge is 2.34. The Labute approximate surface area is 80.5 Å². The Hall–Kier alpha value is -0.150. The molecule has 78 valence electrons. The number of piperazine rings is 1. The Bertz CT molecular complexity index is 144. The maximum atomic E-state index is 12.3. The van der Waals surface area contributed by atoms with E-state index in [4.69, 9.17) is 0 Å². The van der Waals surface area contributed by atoms with Crippen LogP contribution in [0.25, 0.3) is 0 Å². The molecule has 1 fully saturated rings. The van der Waals surface area contributed by atoms with Crippen molar-refractivity contribution in [3.63, 3.8) is 0 Å². The van der Waals surface area contributed by atoms with Crippen LogP contribution in [0.3, 0.4) is 0 Å². The molecular weight excluding hydrogens is 167 g/mol. The molecule has 0 unspecified atom stereocenters. The van der Waals surface area contributed by atoms with Gasteiger partial charge in [-0.05, 0) is 12.8 Å².